The minimum atomic E-state index is 0.466. The van der Waals surface area contributed by atoms with E-state index in [1.807, 2.05) is 54.6 Å². The number of benzene rings is 2. The Morgan fingerprint density at radius 1 is 1.23 bits per heavy atom. The maximum Gasteiger partial charge on any atom is 0.151 e. The van der Waals surface area contributed by atoms with E-state index in [0.29, 0.717) is 23.9 Å². The molecule has 2 aromatic carbocycles. The van der Waals surface area contributed by atoms with Gasteiger partial charge in [-0.25, -0.2) is 4.98 Å². The molecule has 132 valence electrons. The van der Waals surface area contributed by atoms with Gasteiger partial charge in [-0.3, -0.25) is 0 Å². The van der Waals surface area contributed by atoms with Crippen molar-refractivity contribution in [2.45, 2.75) is 27.3 Å². The summed E-state index contributed by atoms with van der Waals surface area (Å²) in [5.41, 5.74) is 3.42. The molecule has 0 fully saturated rings. The van der Waals surface area contributed by atoms with Gasteiger partial charge in [-0.15, -0.1) is 0 Å². The van der Waals surface area contributed by atoms with Crippen LogP contribution in [0.3, 0.4) is 0 Å². The summed E-state index contributed by atoms with van der Waals surface area (Å²) in [6, 6.07) is 18.1. The molecular weight excluding hydrogens is 322 g/mol. The van der Waals surface area contributed by atoms with E-state index in [2.05, 4.69) is 36.4 Å². The molecule has 1 aromatic heterocycles. The summed E-state index contributed by atoms with van der Waals surface area (Å²) in [5, 5.41) is 9.73. The van der Waals surface area contributed by atoms with E-state index in [0.717, 1.165) is 28.9 Å². The van der Waals surface area contributed by atoms with Crippen LogP contribution < -0.4 is 4.74 Å². The number of hydrogen-bond donors (Lipinski definition) is 0. The zero-order valence-corrected chi connectivity index (χ0v) is 15.4. The number of aryl methyl sites for hydroxylation is 1. The Morgan fingerprint density at radius 2 is 2.04 bits per heavy atom. The highest BCUT2D eigenvalue weighted by Crippen LogP contribution is 2.24. The number of para-hydroxylation sites is 2. The molecule has 0 bridgehead atoms. The van der Waals surface area contributed by atoms with E-state index in [4.69, 9.17) is 4.74 Å². The smallest absolute Gasteiger partial charge is 0.151 e. The molecule has 0 aliphatic heterocycles. The van der Waals surface area contributed by atoms with Crippen molar-refractivity contribution in [3.8, 4) is 11.8 Å². The summed E-state index contributed by atoms with van der Waals surface area (Å²) < 4.78 is 7.86. The van der Waals surface area contributed by atoms with Gasteiger partial charge >= 0.3 is 0 Å². The first-order chi connectivity index (χ1) is 12.6. The van der Waals surface area contributed by atoms with Crippen LogP contribution in [0, 0.1) is 17.2 Å². The molecular formula is C22H23N3O. The van der Waals surface area contributed by atoms with E-state index < -0.39 is 0 Å². The number of fused-ring (bicyclic) bond motifs is 1. The monoisotopic (exact) mass is 345 g/mol. The van der Waals surface area contributed by atoms with Crippen LogP contribution in [0.1, 0.15) is 32.2 Å². The molecule has 0 atom stereocenters. The minimum absolute atomic E-state index is 0.466. The lowest BCUT2D eigenvalue weighted by molar-refractivity contribution is 0.271. The van der Waals surface area contributed by atoms with Crippen LogP contribution in [-0.2, 0) is 6.54 Å². The van der Waals surface area contributed by atoms with Crippen LogP contribution >= 0.6 is 0 Å². The fourth-order valence-corrected chi connectivity index (χ4v) is 2.87. The van der Waals surface area contributed by atoms with Crippen LogP contribution in [0.4, 0.5) is 0 Å². The summed E-state index contributed by atoms with van der Waals surface area (Å²) in [6.07, 6.45) is 1.87. The number of allylic oxidation sites excluding steroid dienone is 1. The van der Waals surface area contributed by atoms with Crippen molar-refractivity contribution in [3.63, 3.8) is 0 Å². The highest BCUT2D eigenvalue weighted by Gasteiger charge is 2.13. The molecule has 0 saturated heterocycles. The van der Waals surface area contributed by atoms with E-state index in [1.165, 1.54) is 0 Å². The van der Waals surface area contributed by atoms with E-state index in [9.17, 15) is 5.26 Å². The Labute approximate surface area is 154 Å². The summed E-state index contributed by atoms with van der Waals surface area (Å²) >= 11 is 0. The van der Waals surface area contributed by atoms with Crippen molar-refractivity contribution in [3.05, 3.63) is 59.9 Å². The Hall–Kier alpha value is -3.06. The SMILES string of the molecule is CCn1c(/C(C#N)=C\c2cccc(OCC(C)C)c2)nc2ccccc21. The second-order valence-electron chi connectivity index (χ2n) is 6.62. The summed E-state index contributed by atoms with van der Waals surface area (Å²) in [6.45, 7) is 7.73. The quantitative estimate of drug-likeness (QED) is 0.580. The van der Waals surface area contributed by atoms with Gasteiger partial charge in [0, 0.05) is 6.54 Å². The Morgan fingerprint density at radius 3 is 2.77 bits per heavy atom. The molecule has 0 unspecified atom stereocenters. The lowest BCUT2D eigenvalue weighted by atomic mass is 10.1. The van der Waals surface area contributed by atoms with Crippen molar-refractivity contribution in [1.29, 1.82) is 5.26 Å². The largest absolute Gasteiger partial charge is 0.493 e. The predicted octanol–water partition coefficient (Wildman–Crippen LogP) is 5.16. The molecule has 3 aromatic rings. The number of hydrogen-bond acceptors (Lipinski definition) is 3. The summed E-state index contributed by atoms with van der Waals surface area (Å²) in [4.78, 5) is 4.67. The van der Waals surface area contributed by atoms with Gasteiger partial charge in [0.1, 0.15) is 11.8 Å². The Kier molecular flexibility index (Phi) is 5.38. The molecule has 26 heavy (non-hydrogen) atoms. The van der Waals surface area contributed by atoms with Gasteiger partial charge in [-0.05, 0) is 48.7 Å². The zero-order valence-electron chi connectivity index (χ0n) is 15.4. The average Bonchev–Trinajstić information content (AvgIpc) is 3.03. The van der Waals surface area contributed by atoms with Crippen LogP contribution in [0.25, 0.3) is 22.7 Å². The second-order valence-corrected chi connectivity index (χ2v) is 6.62. The second kappa shape index (κ2) is 7.88. The first kappa shape index (κ1) is 17.8. The minimum Gasteiger partial charge on any atom is -0.493 e. The van der Waals surface area contributed by atoms with Gasteiger partial charge in [0.2, 0.25) is 0 Å². The van der Waals surface area contributed by atoms with Crippen molar-refractivity contribution < 1.29 is 4.74 Å². The lowest BCUT2D eigenvalue weighted by Gasteiger charge is -2.09. The third-order valence-corrected chi connectivity index (χ3v) is 4.08. The summed E-state index contributed by atoms with van der Waals surface area (Å²) in [7, 11) is 0. The molecule has 4 nitrogen and oxygen atoms in total. The van der Waals surface area contributed by atoms with Crippen LogP contribution in [-0.4, -0.2) is 16.2 Å². The normalized spacial score (nSPS) is 11.7. The number of nitriles is 1. The number of nitrogens with zero attached hydrogens (tertiary/aromatic N) is 3. The van der Waals surface area contributed by atoms with Crippen LogP contribution in [0.5, 0.6) is 5.75 Å². The van der Waals surface area contributed by atoms with Crippen molar-refractivity contribution >= 4 is 22.7 Å². The van der Waals surface area contributed by atoms with Gasteiger partial charge in [0.15, 0.2) is 5.82 Å². The Bertz CT molecular complexity index is 976. The number of aromatic nitrogens is 2. The maximum absolute atomic E-state index is 9.73. The molecule has 0 aliphatic rings. The third kappa shape index (κ3) is 3.78. The highest BCUT2D eigenvalue weighted by atomic mass is 16.5. The molecule has 1 heterocycles. The first-order valence-electron chi connectivity index (χ1n) is 8.92. The fraction of sp³-hybridized carbons (Fsp3) is 0.273. The fourth-order valence-electron chi connectivity index (χ4n) is 2.87. The molecule has 0 radical (unpaired) electrons. The number of rotatable bonds is 6. The van der Waals surface area contributed by atoms with Gasteiger partial charge < -0.3 is 9.30 Å². The number of ether oxygens (including phenoxy) is 1. The van der Waals surface area contributed by atoms with Crippen LogP contribution in [0.15, 0.2) is 48.5 Å². The third-order valence-electron chi connectivity index (χ3n) is 4.08. The average molecular weight is 345 g/mol. The van der Waals surface area contributed by atoms with Crippen LogP contribution in [0.2, 0.25) is 0 Å². The van der Waals surface area contributed by atoms with Crippen molar-refractivity contribution in [1.82, 2.24) is 9.55 Å². The number of imidazole rings is 1. The first-order valence-corrected chi connectivity index (χ1v) is 8.92. The molecule has 0 spiro atoms. The molecule has 4 heteroatoms. The molecule has 0 N–H and O–H groups in total. The molecule has 0 saturated carbocycles. The summed E-state index contributed by atoms with van der Waals surface area (Å²) in [5.74, 6) is 1.98. The van der Waals surface area contributed by atoms with E-state index in [1.54, 1.807) is 0 Å². The van der Waals surface area contributed by atoms with Gasteiger partial charge in [0.25, 0.3) is 0 Å². The van der Waals surface area contributed by atoms with Gasteiger partial charge in [-0.2, -0.15) is 5.26 Å². The maximum atomic E-state index is 9.73. The topological polar surface area (TPSA) is 50.8 Å². The zero-order chi connectivity index (χ0) is 18.5. The van der Waals surface area contributed by atoms with Gasteiger partial charge in [0.05, 0.1) is 23.2 Å². The van der Waals surface area contributed by atoms with E-state index in [-0.39, 0.29) is 0 Å². The Balaban J connectivity index is 1.99. The van der Waals surface area contributed by atoms with E-state index >= 15 is 0 Å². The molecule has 3 rings (SSSR count). The predicted molar refractivity (Wildman–Crippen MR) is 106 cm³/mol. The lowest BCUT2D eigenvalue weighted by Crippen LogP contribution is -2.04. The van der Waals surface area contributed by atoms with Crippen molar-refractivity contribution in [2.24, 2.45) is 5.92 Å². The highest BCUT2D eigenvalue weighted by molar-refractivity contribution is 5.91. The standard InChI is InChI=1S/C22H23N3O/c1-4-25-21-11-6-5-10-20(21)24-22(25)18(14-23)12-17-8-7-9-19(13-17)26-15-16(2)3/h5-13,16H,4,15H2,1-3H3/b18-12-. The van der Waals surface area contributed by atoms with Crippen molar-refractivity contribution in [2.75, 3.05) is 6.61 Å². The molecule has 0 aliphatic carbocycles. The van der Waals surface area contributed by atoms with Gasteiger partial charge in [-0.1, -0.05) is 38.1 Å². The molecule has 0 amide bonds.